The third-order valence-corrected chi connectivity index (χ3v) is 5.19. The number of carbonyl (C=O) groups is 1. The maximum Gasteiger partial charge on any atom is 0.287 e. The Kier molecular flexibility index (Phi) is 3.93. The molecule has 0 radical (unpaired) electrons. The average molecular weight is 356 g/mol. The summed E-state index contributed by atoms with van der Waals surface area (Å²) in [5.74, 6) is -1.43. The smallest absolute Gasteiger partial charge is 0.287 e. The van der Waals surface area contributed by atoms with Crippen molar-refractivity contribution in [1.82, 2.24) is 5.16 Å². The number of thioether (sulfide) groups is 1. The number of ether oxygens (including phenoxy) is 2. The summed E-state index contributed by atoms with van der Waals surface area (Å²) in [6, 6.07) is 1.32. The Balaban J connectivity index is 1.87. The first-order valence-electron chi connectivity index (χ1n) is 7.58. The molecule has 2 aromatic rings. The van der Waals surface area contributed by atoms with E-state index in [2.05, 4.69) is 5.16 Å². The van der Waals surface area contributed by atoms with Gasteiger partial charge in [0.15, 0.2) is 17.9 Å². The summed E-state index contributed by atoms with van der Waals surface area (Å²) in [4.78, 5) is 13.6. The molecule has 6 nitrogen and oxygen atoms in total. The summed E-state index contributed by atoms with van der Waals surface area (Å²) in [5.41, 5.74) is -0.377. The van der Waals surface area contributed by atoms with E-state index in [9.17, 15) is 13.6 Å². The van der Waals surface area contributed by atoms with Gasteiger partial charge in [0, 0.05) is 17.4 Å². The lowest BCUT2D eigenvalue weighted by Crippen LogP contribution is -2.33. The SMILES string of the molecule is CC[C@H]1CSC(=O)N1c1noc2c(F)c(F)c(C3OCCO3)cc12. The zero-order valence-corrected chi connectivity index (χ0v) is 13.6. The maximum absolute atomic E-state index is 14.4. The molecule has 2 aliphatic heterocycles. The highest BCUT2D eigenvalue weighted by Crippen LogP contribution is 2.39. The topological polar surface area (TPSA) is 64.8 Å². The standard InChI is InChI=1S/C15H14F2N2O4S/c1-2-7-6-24-15(20)19(7)13-9-5-8(14-21-3-4-22-14)10(16)11(17)12(9)23-18-13/h5,7,14H,2-4,6H2,1H3/t7-/m0/s1. The number of anilines is 1. The fourth-order valence-electron chi connectivity index (χ4n) is 2.93. The van der Waals surface area contributed by atoms with Crippen LogP contribution in [0.2, 0.25) is 0 Å². The minimum Gasteiger partial charge on any atom is -0.351 e. The first-order valence-corrected chi connectivity index (χ1v) is 8.56. The molecule has 0 unspecified atom stereocenters. The molecule has 0 bridgehead atoms. The summed E-state index contributed by atoms with van der Waals surface area (Å²) >= 11 is 1.17. The van der Waals surface area contributed by atoms with Gasteiger partial charge in [0.25, 0.3) is 5.24 Å². The summed E-state index contributed by atoms with van der Waals surface area (Å²) in [6.45, 7) is 2.56. The highest BCUT2D eigenvalue weighted by atomic mass is 32.2. The Bertz CT molecular complexity index is 806. The first kappa shape index (κ1) is 15.8. The van der Waals surface area contributed by atoms with E-state index in [1.165, 1.54) is 22.7 Å². The van der Waals surface area contributed by atoms with Gasteiger partial charge in [-0.3, -0.25) is 9.69 Å². The number of halogens is 2. The molecule has 1 amide bonds. The second kappa shape index (κ2) is 5.98. The van der Waals surface area contributed by atoms with Gasteiger partial charge in [0.1, 0.15) is 0 Å². The third kappa shape index (κ3) is 2.30. The van der Waals surface area contributed by atoms with Crippen molar-refractivity contribution in [3.05, 3.63) is 23.3 Å². The van der Waals surface area contributed by atoms with Gasteiger partial charge in [0.2, 0.25) is 11.4 Å². The first-order chi connectivity index (χ1) is 11.6. The van der Waals surface area contributed by atoms with Crippen molar-refractivity contribution >= 4 is 33.8 Å². The average Bonchev–Trinajstić information content (AvgIpc) is 3.29. The van der Waals surface area contributed by atoms with E-state index in [1.54, 1.807) is 0 Å². The van der Waals surface area contributed by atoms with Crippen molar-refractivity contribution in [2.75, 3.05) is 23.9 Å². The molecule has 9 heteroatoms. The van der Waals surface area contributed by atoms with Crippen molar-refractivity contribution in [2.24, 2.45) is 0 Å². The predicted octanol–water partition coefficient (Wildman–Crippen LogP) is 3.60. The minimum atomic E-state index is -1.16. The number of carbonyl (C=O) groups excluding carboxylic acids is 1. The van der Waals surface area contributed by atoms with E-state index in [-0.39, 0.29) is 33.6 Å². The Labute approximate surface area is 140 Å². The number of rotatable bonds is 3. The van der Waals surface area contributed by atoms with Crippen LogP contribution in [0.3, 0.4) is 0 Å². The van der Waals surface area contributed by atoms with Crippen LogP contribution in [0.1, 0.15) is 25.2 Å². The van der Waals surface area contributed by atoms with Crippen LogP contribution in [0.5, 0.6) is 0 Å². The Morgan fingerprint density at radius 1 is 1.33 bits per heavy atom. The highest BCUT2D eigenvalue weighted by Gasteiger charge is 2.36. The Morgan fingerprint density at radius 3 is 2.79 bits per heavy atom. The van der Waals surface area contributed by atoms with Crippen LogP contribution in [-0.4, -0.2) is 35.4 Å². The van der Waals surface area contributed by atoms with Gasteiger partial charge in [-0.25, -0.2) is 4.39 Å². The van der Waals surface area contributed by atoms with E-state index in [1.807, 2.05) is 6.92 Å². The molecule has 0 saturated carbocycles. The number of amides is 1. The molecular formula is C15H14F2N2O4S. The lowest BCUT2D eigenvalue weighted by atomic mass is 10.1. The van der Waals surface area contributed by atoms with Crippen molar-refractivity contribution in [1.29, 1.82) is 0 Å². The molecular weight excluding hydrogens is 342 g/mol. The van der Waals surface area contributed by atoms with E-state index < -0.39 is 17.9 Å². The lowest BCUT2D eigenvalue weighted by Gasteiger charge is -2.20. The number of fused-ring (bicyclic) bond motifs is 1. The van der Waals surface area contributed by atoms with Crippen molar-refractivity contribution in [3.8, 4) is 0 Å². The quantitative estimate of drug-likeness (QED) is 0.837. The molecule has 2 fully saturated rings. The van der Waals surface area contributed by atoms with Crippen LogP contribution < -0.4 is 4.90 Å². The zero-order valence-electron chi connectivity index (χ0n) is 12.8. The number of hydrogen-bond donors (Lipinski definition) is 0. The predicted molar refractivity (Wildman–Crippen MR) is 83.0 cm³/mol. The van der Waals surface area contributed by atoms with Crippen molar-refractivity contribution in [3.63, 3.8) is 0 Å². The Hall–Kier alpha value is -1.71. The molecule has 2 aliphatic rings. The maximum atomic E-state index is 14.4. The van der Waals surface area contributed by atoms with Crippen LogP contribution in [0.4, 0.5) is 19.4 Å². The monoisotopic (exact) mass is 356 g/mol. The normalized spacial score (nSPS) is 22.2. The van der Waals surface area contributed by atoms with E-state index in [0.29, 0.717) is 19.0 Å². The molecule has 0 N–H and O–H groups in total. The van der Waals surface area contributed by atoms with Crippen LogP contribution in [0.15, 0.2) is 10.6 Å². The number of hydrogen-bond acceptors (Lipinski definition) is 6. The summed E-state index contributed by atoms with van der Waals surface area (Å²) < 4.78 is 44.2. The largest absolute Gasteiger partial charge is 0.351 e. The van der Waals surface area contributed by atoms with Crippen molar-refractivity contribution < 1.29 is 27.6 Å². The molecule has 0 spiro atoms. The molecule has 2 saturated heterocycles. The number of aromatic nitrogens is 1. The third-order valence-electron chi connectivity index (χ3n) is 4.19. The molecule has 24 heavy (non-hydrogen) atoms. The molecule has 1 aromatic carbocycles. The van der Waals surface area contributed by atoms with E-state index in [4.69, 9.17) is 14.0 Å². The van der Waals surface area contributed by atoms with E-state index >= 15 is 0 Å². The van der Waals surface area contributed by atoms with Gasteiger partial charge in [-0.1, -0.05) is 23.8 Å². The molecule has 0 aliphatic carbocycles. The molecule has 1 aromatic heterocycles. The number of benzene rings is 1. The van der Waals surface area contributed by atoms with Gasteiger partial charge in [0.05, 0.1) is 18.6 Å². The van der Waals surface area contributed by atoms with Gasteiger partial charge in [-0.05, 0) is 12.5 Å². The van der Waals surface area contributed by atoms with Crippen LogP contribution in [0, 0.1) is 11.6 Å². The summed E-state index contributed by atoms with van der Waals surface area (Å²) in [6.07, 6.45) is -0.254. The van der Waals surface area contributed by atoms with Gasteiger partial charge in [-0.15, -0.1) is 0 Å². The van der Waals surface area contributed by atoms with Gasteiger partial charge >= 0.3 is 0 Å². The highest BCUT2D eigenvalue weighted by molar-refractivity contribution is 8.14. The minimum absolute atomic E-state index is 0.0608. The van der Waals surface area contributed by atoms with Gasteiger partial charge in [-0.2, -0.15) is 4.39 Å². The van der Waals surface area contributed by atoms with Crippen LogP contribution >= 0.6 is 11.8 Å². The lowest BCUT2D eigenvalue weighted by molar-refractivity contribution is -0.0467. The second-order valence-corrected chi connectivity index (χ2v) is 6.53. The molecule has 128 valence electrons. The molecule has 4 rings (SSSR count). The summed E-state index contributed by atoms with van der Waals surface area (Å²) in [7, 11) is 0. The fraction of sp³-hybridized carbons (Fsp3) is 0.467. The summed E-state index contributed by atoms with van der Waals surface area (Å²) in [5, 5.41) is 3.87. The van der Waals surface area contributed by atoms with E-state index in [0.717, 1.165) is 6.42 Å². The van der Waals surface area contributed by atoms with Gasteiger partial charge < -0.3 is 14.0 Å². The van der Waals surface area contributed by atoms with Crippen molar-refractivity contribution in [2.45, 2.75) is 25.7 Å². The molecule has 3 heterocycles. The Morgan fingerprint density at radius 2 is 2.08 bits per heavy atom. The fourth-order valence-corrected chi connectivity index (χ4v) is 4.02. The van der Waals surface area contributed by atoms with Crippen LogP contribution in [0.25, 0.3) is 11.0 Å². The number of nitrogens with zero attached hydrogens (tertiary/aromatic N) is 2. The zero-order chi connectivity index (χ0) is 16.8. The van der Waals surface area contributed by atoms with Crippen LogP contribution in [-0.2, 0) is 9.47 Å². The molecule has 1 atom stereocenters. The second-order valence-electron chi connectivity index (χ2n) is 5.56.